The molecule has 4 rings (SSSR count). The molecule has 0 bridgehead atoms. The summed E-state index contributed by atoms with van der Waals surface area (Å²) in [6, 6.07) is 11.8. The van der Waals surface area contributed by atoms with Crippen molar-refractivity contribution in [3.8, 4) is 0 Å². The van der Waals surface area contributed by atoms with Gasteiger partial charge < -0.3 is 10.1 Å². The van der Waals surface area contributed by atoms with Crippen molar-refractivity contribution in [3.05, 3.63) is 54.4 Å². The molecule has 32 heavy (non-hydrogen) atoms. The molecule has 2 aliphatic rings. The van der Waals surface area contributed by atoms with Gasteiger partial charge >= 0.3 is 11.8 Å². The number of nitrogens with one attached hydrogen (secondary N) is 1. The topological polar surface area (TPSA) is 119 Å². The molecule has 2 unspecified atom stereocenters. The SMILES string of the molecule is CC12OC(=O)C[N+]1(CCCCCC(=O)Nc1ccc(S(N)(=O)=O)cc1)Cc1cccc[n+]12. The van der Waals surface area contributed by atoms with Gasteiger partial charge in [0.15, 0.2) is 19.3 Å². The van der Waals surface area contributed by atoms with Crippen molar-refractivity contribution in [2.45, 2.75) is 49.9 Å². The minimum Gasteiger partial charge on any atom is -0.348 e. The van der Waals surface area contributed by atoms with Crippen LogP contribution in [0.4, 0.5) is 5.69 Å². The second-order valence-electron chi connectivity index (χ2n) is 8.58. The average molecular weight is 461 g/mol. The number of sulfonamides is 1. The van der Waals surface area contributed by atoms with Gasteiger partial charge in [0, 0.05) is 24.2 Å². The number of pyridine rings is 1. The molecule has 0 spiro atoms. The number of esters is 1. The van der Waals surface area contributed by atoms with Crippen molar-refractivity contribution in [3.63, 3.8) is 0 Å². The smallest absolute Gasteiger partial charge is 0.348 e. The summed E-state index contributed by atoms with van der Waals surface area (Å²) in [4.78, 5) is 24.4. The fourth-order valence-corrected chi connectivity index (χ4v) is 5.25. The summed E-state index contributed by atoms with van der Waals surface area (Å²) in [6.45, 7) is 3.87. The van der Waals surface area contributed by atoms with E-state index >= 15 is 0 Å². The van der Waals surface area contributed by atoms with E-state index in [0.717, 1.165) is 31.6 Å². The highest BCUT2D eigenvalue weighted by Gasteiger charge is 2.70. The standard InChI is InChI=1S/C22H27N4O5S/c1-22-25-13-5-4-7-18(25)15-26(22,16-21(28)31-22)14-6-2-3-8-20(27)24-17-9-11-19(12-10-17)32(23,29)30/h4-5,7,9-13H,2-3,6,8,14-16H2,1H3,(H2-,23,24,27,29,30)/q+1/p+1. The number of carbonyl (C=O) groups excluding carboxylic acids is 2. The molecular weight excluding hydrogens is 432 g/mol. The number of rotatable bonds is 8. The first-order valence-electron chi connectivity index (χ1n) is 10.6. The summed E-state index contributed by atoms with van der Waals surface area (Å²) in [5.41, 5.74) is 1.67. The summed E-state index contributed by atoms with van der Waals surface area (Å²) >= 11 is 0. The summed E-state index contributed by atoms with van der Waals surface area (Å²) in [7, 11) is -3.75. The number of amides is 1. The lowest BCUT2D eigenvalue weighted by atomic mass is 10.1. The van der Waals surface area contributed by atoms with Gasteiger partial charge in [-0.05, 0) is 49.6 Å². The molecule has 1 saturated heterocycles. The Hall–Kier alpha value is -2.82. The van der Waals surface area contributed by atoms with Crippen LogP contribution in [0.1, 0.15) is 38.3 Å². The summed E-state index contributed by atoms with van der Waals surface area (Å²) in [5, 5.41) is 7.84. The van der Waals surface area contributed by atoms with Crippen LogP contribution in [0.3, 0.4) is 0 Å². The fourth-order valence-electron chi connectivity index (χ4n) is 4.73. The monoisotopic (exact) mass is 460 g/mol. The van der Waals surface area contributed by atoms with Gasteiger partial charge in [0.2, 0.25) is 21.6 Å². The molecule has 1 fully saturated rings. The molecule has 3 N–H and O–H groups in total. The molecule has 0 saturated carbocycles. The van der Waals surface area contributed by atoms with Crippen LogP contribution in [-0.4, -0.2) is 37.9 Å². The Morgan fingerprint density at radius 1 is 1.16 bits per heavy atom. The maximum Gasteiger partial charge on any atom is 0.453 e. The number of benzene rings is 1. The third kappa shape index (κ3) is 4.13. The lowest BCUT2D eigenvalue weighted by Gasteiger charge is -2.32. The van der Waals surface area contributed by atoms with Crippen LogP contribution in [-0.2, 0) is 36.7 Å². The highest BCUT2D eigenvalue weighted by Crippen LogP contribution is 2.40. The van der Waals surface area contributed by atoms with Gasteiger partial charge in [-0.3, -0.25) is 4.79 Å². The van der Waals surface area contributed by atoms with Gasteiger partial charge in [-0.1, -0.05) is 0 Å². The number of aromatic nitrogens is 1. The van der Waals surface area contributed by atoms with Crippen LogP contribution in [0.15, 0.2) is 53.6 Å². The molecule has 0 aliphatic carbocycles. The molecule has 2 atom stereocenters. The highest BCUT2D eigenvalue weighted by atomic mass is 32.2. The molecule has 170 valence electrons. The Labute approximate surface area is 187 Å². The van der Waals surface area contributed by atoms with Crippen molar-refractivity contribution < 1.29 is 31.8 Å². The van der Waals surface area contributed by atoms with Gasteiger partial charge in [-0.25, -0.2) is 22.8 Å². The van der Waals surface area contributed by atoms with Gasteiger partial charge in [0.1, 0.15) is 6.92 Å². The summed E-state index contributed by atoms with van der Waals surface area (Å²) in [5.74, 6) is -1.02. The molecule has 2 aromatic rings. The molecule has 9 nitrogen and oxygen atoms in total. The van der Waals surface area contributed by atoms with Crippen molar-refractivity contribution in [1.82, 2.24) is 0 Å². The zero-order chi connectivity index (χ0) is 23.0. The molecule has 2 aliphatic heterocycles. The first-order chi connectivity index (χ1) is 15.1. The Kier molecular flexibility index (Phi) is 5.78. The molecule has 0 radical (unpaired) electrons. The largest absolute Gasteiger partial charge is 0.453 e. The number of hydrogen-bond donors (Lipinski definition) is 2. The van der Waals surface area contributed by atoms with E-state index in [1.165, 1.54) is 24.3 Å². The minimum atomic E-state index is -3.75. The number of carbonyl (C=O) groups is 2. The number of nitrogens with two attached hydrogens (primary N) is 1. The average Bonchev–Trinajstić information content (AvgIpc) is 3.10. The fraction of sp³-hybridized carbons (Fsp3) is 0.409. The zero-order valence-electron chi connectivity index (χ0n) is 18.0. The number of ether oxygens (including phenoxy) is 1. The van der Waals surface area contributed by atoms with Crippen LogP contribution in [0, 0.1) is 0 Å². The van der Waals surface area contributed by atoms with E-state index in [2.05, 4.69) is 16.0 Å². The molecule has 10 heteroatoms. The molecule has 3 heterocycles. The van der Waals surface area contributed by atoms with Crippen molar-refractivity contribution >= 4 is 27.6 Å². The molecule has 1 aromatic heterocycles. The van der Waals surface area contributed by atoms with Crippen molar-refractivity contribution in [2.24, 2.45) is 5.14 Å². The summed E-state index contributed by atoms with van der Waals surface area (Å²) < 4.78 is 31.0. The van der Waals surface area contributed by atoms with Gasteiger partial charge in [0.25, 0.3) is 0 Å². The lowest BCUT2D eigenvalue weighted by Crippen LogP contribution is -2.65. The quantitative estimate of drug-likeness (QED) is 0.267. The maximum atomic E-state index is 12.2. The van der Waals surface area contributed by atoms with Gasteiger partial charge in [0.05, 0.1) is 11.4 Å². The predicted octanol–water partition coefficient (Wildman–Crippen LogP) is 1.34. The highest BCUT2D eigenvalue weighted by molar-refractivity contribution is 7.89. The Balaban J connectivity index is 1.27. The molecule has 1 aromatic carbocycles. The second-order valence-corrected chi connectivity index (χ2v) is 10.1. The van der Waals surface area contributed by atoms with Crippen LogP contribution in [0.25, 0.3) is 0 Å². The zero-order valence-corrected chi connectivity index (χ0v) is 18.8. The number of nitrogens with zero attached hydrogens (tertiary/aromatic N) is 2. The minimum absolute atomic E-state index is 0.00148. The van der Waals surface area contributed by atoms with Crippen LogP contribution in [0.2, 0.25) is 0 Å². The number of hydrogen-bond acceptors (Lipinski definition) is 5. The third-order valence-electron chi connectivity index (χ3n) is 6.43. The number of primary sulfonamides is 1. The Bertz CT molecular complexity index is 1150. The number of quaternary nitrogens is 1. The van der Waals surface area contributed by atoms with Crippen LogP contribution < -0.4 is 15.0 Å². The van der Waals surface area contributed by atoms with E-state index in [-0.39, 0.29) is 16.8 Å². The van der Waals surface area contributed by atoms with Crippen molar-refractivity contribution in [1.29, 1.82) is 0 Å². The molecule has 1 amide bonds. The van der Waals surface area contributed by atoms with E-state index in [4.69, 9.17) is 9.88 Å². The van der Waals surface area contributed by atoms with E-state index in [1.54, 1.807) is 0 Å². The van der Waals surface area contributed by atoms with Gasteiger partial charge in [-0.15, -0.1) is 4.57 Å². The summed E-state index contributed by atoms with van der Waals surface area (Å²) in [6.07, 6.45) is 4.76. The number of unbranched alkanes of at least 4 members (excludes halogenated alkanes) is 2. The number of anilines is 1. The van der Waals surface area contributed by atoms with Gasteiger partial charge in [-0.2, -0.15) is 0 Å². The van der Waals surface area contributed by atoms with E-state index < -0.39 is 15.9 Å². The second kappa shape index (κ2) is 8.27. The normalized spacial score (nSPS) is 24.0. The Morgan fingerprint density at radius 2 is 1.91 bits per heavy atom. The first kappa shape index (κ1) is 22.4. The lowest BCUT2D eigenvalue weighted by molar-refractivity contribution is -1.10. The number of fused-ring (bicyclic) bond motifs is 3. The van der Waals surface area contributed by atoms with E-state index in [0.29, 0.717) is 29.6 Å². The van der Waals surface area contributed by atoms with Crippen molar-refractivity contribution in [2.75, 3.05) is 18.4 Å². The van der Waals surface area contributed by atoms with E-state index in [1.807, 2.05) is 25.3 Å². The molecular formula is C22H28N4O5S+2. The predicted molar refractivity (Wildman–Crippen MR) is 115 cm³/mol. The maximum absolute atomic E-state index is 12.2. The van der Waals surface area contributed by atoms with Crippen LogP contribution in [0.5, 0.6) is 0 Å². The Morgan fingerprint density at radius 3 is 2.62 bits per heavy atom. The first-order valence-corrected chi connectivity index (χ1v) is 12.2. The van der Waals surface area contributed by atoms with E-state index in [9.17, 15) is 18.0 Å². The third-order valence-corrected chi connectivity index (χ3v) is 7.36. The van der Waals surface area contributed by atoms with Crippen LogP contribution >= 0.6 is 0 Å².